The summed E-state index contributed by atoms with van der Waals surface area (Å²) in [5.74, 6) is 2.12. The minimum Gasteiger partial charge on any atom is -0.495 e. The molecule has 0 radical (unpaired) electrons. The van der Waals surface area contributed by atoms with Crippen molar-refractivity contribution in [3.63, 3.8) is 0 Å². The molecular weight excluding hydrogens is 1030 g/mol. The Morgan fingerprint density at radius 1 is 0.486 bits per heavy atom. The van der Waals surface area contributed by atoms with Gasteiger partial charge in [0, 0.05) is 11.1 Å². The standard InChI is InChI=1S/C15H14O2.C14H14O9S3.C9H10O.C8H10O4S.2C2H6.4CH4/c1-11-3-7-14(8-4-11)17-15-9-5-13(6-10-15)12(2)16;1-9-3-4-11(8-14(9)26(18,19)20)25(16,17)10-5-6-12(21-2)13(7-10)24-23-22-15;1-7-3-5-9(6-4-7)8(2)10;1-6-3-4-7(12-2)8(5-6)13(9,10)11;2*1-2;;;;/h3-10H,1-2H3;3-8,15H,1-2H3,(H,18,19,20);3-6H,1-2H3;3-5H,1-2H3,(H,9,10,11);2*1-2H3;4*1H4. The first-order valence-corrected chi connectivity index (χ1v) is 26.2. The second kappa shape index (κ2) is 36.1. The van der Waals surface area contributed by atoms with Crippen LogP contribution in [0.5, 0.6) is 23.0 Å². The van der Waals surface area contributed by atoms with Crippen LogP contribution < -0.4 is 14.2 Å². The predicted molar refractivity (Wildman–Crippen MR) is 296 cm³/mol. The van der Waals surface area contributed by atoms with Crippen LogP contribution in [0.4, 0.5) is 0 Å². The number of aryl methyl sites for hydroxylation is 4. The molecule has 0 aromatic heterocycles. The van der Waals surface area contributed by atoms with E-state index in [4.69, 9.17) is 24.0 Å². The van der Waals surface area contributed by atoms with Gasteiger partial charge in [0.15, 0.2) is 11.6 Å². The second-order valence-electron chi connectivity index (χ2n) is 14.0. The summed E-state index contributed by atoms with van der Waals surface area (Å²) in [6.45, 7) is 18.3. The molecule has 16 nitrogen and oxygen atoms in total. The van der Waals surface area contributed by atoms with E-state index in [1.54, 1.807) is 51.1 Å². The van der Waals surface area contributed by atoms with Gasteiger partial charge in [0.2, 0.25) is 9.84 Å². The molecule has 412 valence electrons. The zero-order chi connectivity index (χ0) is 53.4. The molecule has 74 heavy (non-hydrogen) atoms. The summed E-state index contributed by atoms with van der Waals surface area (Å²) in [5, 5.41) is 11.7. The average molecular weight is 1110 g/mol. The molecule has 0 saturated carbocycles. The molecule has 0 aliphatic carbocycles. The highest BCUT2D eigenvalue weighted by Crippen LogP contribution is 2.35. The van der Waals surface area contributed by atoms with Gasteiger partial charge in [-0.05, 0) is 132 Å². The normalized spacial score (nSPS) is 9.99. The Balaban J connectivity index is -0.000000446. The fraction of sp³-hybridized carbons (Fsp3) is 0.296. The van der Waals surface area contributed by atoms with Gasteiger partial charge in [-0.25, -0.2) is 13.7 Å². The molecule has 0 unspecified atom stereocenters. The minimum atomic E-state index is -4.58. The maximum atomic E-state index is 12.8. The van der Waals surface area contributed by atoms with Crippen LogP contribution in [-0.2, 0) is 39.4 Å². The molecule has 0 bridgehead atoms. The van der Waals surface area contributed by atoms with E-state index in [0.717, 1.165) is 28.7 Å². The Labute approximate surface area is 445 Å². The quantitative estimate of drug-likeness (QED) is 0.0320. The van der Waals surface area contributed by atoms with Crippen molar-refractivity contribution in [3.05, 3.63) is 161 Å². The van der Waals surface area contributed by atoms with Crippen LogP contribution in [-0.4, -0.2) is 65.4 Å². The molecule has 0 aliphatic rings. The number of benzene rings is 6. The van der Waals surface area contributed by atoms with E-state index in [0.29, 0.717) is 17.6 Å². The number of hydrogen-bond donors (Lipinski definition) is 3. The summed E-state index contributed by atoms with van der Waals surface area (Å²) in [4.78, 5) is 20.8. The average Bonchev–Trinajstić information content (AvgIpc) is 3.33. The number of carbonyl (C=O) groups is 2. The molecule has 0 atom stereocenters. The Morgan fingerprint density at radius 3 is 1.28 bits per heavy atom. The van der Waals surface area contributed by atoms with Crippen LogP contribution in [0.15, 0.2) is 152 Å². The molecule has 0 aliphatic heterocycles. The number of sulfone groups is 1. The third-order valence-electron chi connectivity index (χ3n) is 8.92. The van der Waals surface area contributed by atoms with Gasteiger partial charge in [-0.2, -0.15) is 16.8 Å². The number of rotatable bonds is 13. The molecule has 6 rings (SSSR count). The van der Waals surface area contributed by atoms with Gasteiger partial charge in [0.25, 0.3) is 20.2 Å². The third-order valence-corrected chi connectivity index (χ3v) is 13.2. The van der Waals surface area contributed by atoms with Crippen molar-refractivity contribution in [1.29, 1.82) is 0 Å². The van der Waals surface area contributed by atoms with Gasteiger partial charge in [-0.1, -0.05) is 122 Å². The van der Waals surface area contributed by atoms with Crippen molar-refractivity contribution in [1.82, 2.24) is 0 Å². The highest BCUT2D eigenvalue weighted by atomic mass is 32.2. The monoisotopic (exact) mass is 1110 g/mol. The lowest BCUT2D eigenvalue weighted by Gasteiger charge is -2.11. The Hall–Kier alpha value is -5.94. The third kappa shape index (κ3) is 24.4. The lowest BCUT2D eigenvalue weighted by atomic mass is 10.1. The first-order valence-electron chi connectivity index (χ1n) is 21.1. The molecule has 6 aromatic carbocycles. The number of ether oxygens (including phenoxy) is 3. The molecule has 3 N–H and O–H groups in total. The summed E-state index contributed by atoms with van der Waals surface area (Å²) >= 11 is 0.509. The number of hydrogen-bond acceptors (Lipinski definition) is 15. The van der Waals surface area contributed by atoms with Gasteiger partial charge in [0.1, 0.15) is 27.9 Å². The van der Waals surface area contributed by atoms with Gasteiger partial charge < -0.3 is 14.2 Å². The smallest absolute Gasteiger partial charge is 0.298 e. The summed E-state index contributed by atoms with van der Waals surface area (Å²) in [7, 11) is -10.2. The largest absolute Gasteiger partial charge is 0.495 e. The van der Waals surface area contributed by atoms with Crippen LogP contribution in [0.2, 0.25) is 0 Å². The maximum absolute atomic E-state index is 12.8. The van der Waals surface area contributed by atoms with Crippen molar-refractivity contribution in [2.75, 3.05) is 14.2 Å². The van der Waals surface area contributed by atoms with Crippen LogP contribution in [0.1, 0.15) is 114 Å². The molecule has 0 heterocycles. The zero-order valence-corrected chi connectivity index (χ0v) is 44.2. The van der Waals surface area contributed by atoms with Crippen molar-refractivity contribution < 1.29 is 72.8 Å². The van der Waals surface area contributed by atoms with E-state index in [2.05, 4.69) is 9.37 Å². The number of Topliss-reactive ketones (excluding diaryl/α,β-unsaturated/α-hetero) is 2. The molecule has 6 aromatic rings. The van der Waals surface area contributed by atoms with Crippen molar-refractivity contribution in [2.45, 2.75) is 123 Å². The zero-order valence-electron chi connectivity index (χ0n) is 40.9. The molecule has 0 fully saturated rings. The highest BCUT2D eigenvalue weighted by molar-refractivity contribution is 7.95. The highest BCUT2D eigenvalue weighted by Gasteiger charge is 2.24. The topological polar surface area (TPSA) is 243 Å². The van der Waals surface area contributed by atoms with Crippen molar-refractivity contribution >= 4 is 53.7 Å². The van der Waals surface area contributed by atoms with Crippen LogP contribution in [0.3, 0.4) is 0 Å². The molecule has 0 amide bonds. The predicted octanol–water partition coefficient (Wildman–Crippen LogP) is 14.5. The van der Waals surface area contributed by atoms with E-state index in [9.17, 15) is 39.4 Å². The lowest BCUT2D eigenvalue weighted by molar-refractivity contribution is -0.432. The maximum Gasteiger partial charge on any atom is 0.298 e. The second-order valence-corrected chi connectivity index (χ2v) is 19.5. The van der Waals surface area contributed by atoms with Gasteiger partial charge in [-0.3, -0.25) is 18.7 Å². The SMILES string of the molecule is C.C.C.C.CC.CC.CC(=O)c1ccc(C)cc1.CC(=O)c1ccc(Oc2ccc(C)cc2)cc1.COc1ccc(C)cc1S(=O)(=O)O.COc1ccc(S(=O)(=O)c2ccc(C)c(S(=O)(=O)O)c2)cc1SOOO. The van der Waals surface area contributed by atoms with E-state index in [-0.39, 0.29) is 77.9 Å². The van der Waals surface area contributed by atoms with E-state index < -0.39 is 35.0 Å². The van der Waals surface area contributed by atoms with E-state index in [1.807, 2.05) is 90.1 Å². The molecule has 0 saturated heterocycles. The number of ketones is 2. The Kier molecular flexibility index (Phi) is 36.4. The summed E-state index contributed by atoms with van der Waals surface area (Å²) in [5.41, 5.74) is 4.81. The fourth-order valence-electron chi connectivity index (χ4n) is 5.38. The van der Waals surface area contributed by atoms with E-state index >= 15 is 0 Å². The first kappa shape index (κ1) is 74.6. The molecule has 20 heteroatoms. The van der Waals surface area contributed by atoms with Gasteiger partial charge in [-0.15, -0.1) is 4.33 Å². The fourth-order valence-corrected chi connectivity index (χ4v) is 8.84. The number of methoxy groups -OCH3 is 2. The van der Waals surface area contributed by atoms with Crippen LogP contribution in [0, 0.1) is 27.7 Å². The lowest BCUT2D eigenvalue weighted by Crippen LogP contribution is -2.07. The van der Waals surface area contributed by atoms with E-state index in [1.165, 1.54) is 74.7 Å². The first-order chi connectivity index (χ1) is 32.9. The summed E-state index contributed by atoms with van der Waals surface area (Å²) in [6.07, 6.45) is 0. The Bertz CT molecular complexity index is 2940. The van der Waals surface area contributed by atoms with Crippen LogP contribution >= 0.6 is 12.0 Å². The van der Waals surface area contributed by atoms with Gasteiger partial charge >= 0.3 is 0 Å². The Morgan fingerprint density at radius 2 is 0.865 bits per heavy atom. The van der Waals surface area contributed by atoms with Crippen LogP contribution in [0.25, 0.3) is 0 Å². The molecule has 0 spiro atoms. The molecular formula is C54H76O16S4. The summed E-state index contributed by atoms with van der Waals surface area (Å²) in [6, 6.07) is 34.3. The van der Waals surface area contributed by atoms with Crippen molar-refractivity contribution in [2.24, 2.45) is 0 Å². The van der Waals surface area contributed by atoms with Crippen molar-refractivity contribution in [3.8, 4) is 23.0 Å². The van der Waals surface area contributed by atoms with Gasteiger partial charge in [0.05, 0.1) is 45.8 Å². The summed E-state index contributed by atoms with van der Waals surface area (Å²) < 4.78 is 108. The minimum absolute atomic E-state index is 0. The number of carbonyl (C=O) groups excluding carboxylic acids is 2.